The van der Waals surface area contributed by atoms with Gasteiger partial charge in [0.1, 0.15) is 11.1 Å². The Morgan fingerprint density at radius 2 is 1.95 bits per heavy atom. The summed E-state index contributed by atoms with van der Waals surface area (Å²) < 4.78 is 0. The molecule has 6 heteroatoms. The number of carbonyl (C=O) groups is 2. The second-order valence-electron chi connectivity index (χ2n) is 4.38. The normalized spacial score (nSPS) is 10.4. The average Bonchev–Trinajstić information content (AvgIpc) is 2.81. The summed E-state index contributed by atoms with van der Waals surface area (Å²) >= 11 is 1.29. The Labute approximate surface area is 131 Å². The van der Waals surface area contributed by atoms with Gasteiger partial charge in [-0.1, -0.05) is 30.3 Å². The van der Waals surface area contributed by atoms with E-state index in [0.717, 1.165) is 28.2 Å². The predicted octanol–water partition coefficient (Wildman–Crippen LogP) is 3.17. The third kappa shape index (κ3) is 3.40. The van der Waals surface area contributed by atoms with Gasteiger partial charge in [-0.3, -0.25) is 4.79 Å². The molecule has 0 spiro atoms. The lowest BCUT2D eigenvalue weighted by Crippen LogP contribution is -2.08. The zero-order chi connectivity index (χ0) is 16.1. The van der Waals surface area contributed by atoms with Crippen molar-refractivity contribution < 1.29 is 14.7 Å². The molecule has 0 aliphatic carbocycles. The summed E-state index contributed by atoms with van der Waals surface area (Å²) in [5, 5.41) is 20.9. The third-order valence-corrected chi connectivity index (χ3v) is 3.89. The Morgan fingerprint density at radius 1 is 1.27 bits per heavy atom. The molecule has 0 radical (unpaired) electrons. The Balaban J connectivity index is 2.38. The molecule has 0 saturated heterocycles. The van der Waals surface area contributed by atoms with Crippen molar-refractivity contribution in [2.75, 3.05) is 5.32 Å². The molecule has 0 aliphatic heterocycles. The van der Waals surface area contributed by atoms with E-state index in [4.69, 9.17) is 5.11 Å². The zero-order valence-corrected chi connectivity index (χ0v) is 12.5. The standard InChI is InChI=1S/C16H12N2O3S/c1-10-15(11-5-3-2-4-6-11)12(9-17)16(22-10)18-13(19)7-8-14(20)21/h2-8H,1H3,(H,18,19)(H,20,21). The lowest BCUT2D eigenvalue weighted by atomic mass is 10.0. The number of hydrogen-bond donors (Lipinski definition) is 2. The molecule has 0 bridgehead atoms. The van der Waals surface area contributed by atoms with E-state index in [-0.39, 0.29) is 0 Å². The minimum Gasteiger partial charge on any atom is -0.478 e. The fraction of sp³-hybridized carbons (Fsp3) is 0.0625. The molecule has 2 N–H and O–H groups in total. The first-order valence-electron chi connectivity index (χ1n) is 6.34. The van der Waals surface area contributed by atoms with Crippen LogP contribution in [0.5, 0.6) is 0 Å². The van der Waals surface area contributed by atoms with Crippen LogP contribution in [0, 0.1) is 18.3 Å². The highest BCUT2D eigenvalue weighted by Crippen LogP contribution is 2.39. The van der Waals surface area contributed by atoms with Crippen LogP contribution in [0.25, 0.3) is 11.1 Å². The predicted molar refractivity (Wildman–Crippen MR) is 84.6 cm³/mol. The number of nitriles is 1. The molecular formula is C16H12N2O3S. The van der Waals surface area contributed by atoms with Gasteiger partial charge in [0.05, 0.1) is 5.56 Å². The maximum Gasteiger partial charge on any atom is 0.328 e. The summed E-state index contributed by atoms with van der Waals surface area (Å²) in [6.07, 6.45) is 1.67. The van der Waals surface area contributed by atoms with Gasteiger partial charge in [0.2, 0.25) is 5.91 Å². The van der Waals surface area contributed by atoms with E-state index in [9.17, 15) is 14.9 Å². The number of rotatable bonds is 4. The fourth-order valence-electron chi connectivity index (χ4n) is 1.99. The Morgan fingerprint density at radius 3 is 2.55 bits per heavy atom. The lowest BCUT2D eigenvalue weighted by molar-refractivity contribution is -0.131. The second kappa shape index (κ2) is 6.70. The monoisotopic (exact) mass is 312 g/mol. The van der Waals surface area contributed by atoms with Gasteiger partial charge in [-0.2, -0.15) is 5.26 Å². The first kappa shape index (κ1) is 15.5. The van der Waals surface area contributed by atoms with Crippen molar-refractivity contribution in [2.24, 2.45) is 0 Å². The van der Waals surface area contributed by atoms with Crippen molar-refractivity contribution in [3.05, 3.63) is 52.9 Å². The molecule has 22 heavy (non-hydrogen) atoms. The molecule has 1 amide bonds. The van der Waals surface area contributed by atoms with Crippen molar-refractivity contribution in [2.45, 2.75) is 6.92 Å². The summed E-state index contributed by atoms with van der Waals surface area (Å²) in [6, 6.07) is 11.5. The van der Waals surface area contributed by atoms with Gasteiger partial charge in [0.15, 0.2) is 0 Å². The average molecular weight is 312 g/mol. The highest BCUT2D eigenvalue weighted by molar-refractivity contribution is 7.17. The quantitative estimate of drug-likeness (QED) is 0.848. The van der Waals surface area contributed by atoms with Crippen molar-refractivity contribution in [3.8, 4) is 17.2 Å². The van der Waals surface area contributed by atoms with Gasteiger partial charge in [-0.15, -0.1) is 11.3 Å². The molecule has 5 nitrogen and oxygen atoms in total. The van der Waals surface area contributed by atoms with Crippen molar-refractivity contribution >= 4 is 28.2 Å². The molecule has 2 rings (SSSR count). The van der Waals surface area contributed by atoms with E-state index in [1.54, 1.807) is 0 Å². The van der Waals surface area contributed by atoms with E-state index in [1.807, 2.05) is 37.3 Å². The number of amides is 1. The molecule has 0 atom stereocenters. The number of nitrogens with one attached hydrogen (secondary N) is 1. The molecule has 0 fully saturated rings. The smallest absolute Gasteiger partial charge is 0.328 e. The maximum atomic E-state index is 11.7. The van der Waals surface area contributed by atoms with Gasteiger partial charge in [-0.05, 0) is 12.5 Å². The van der Waals surface area contributed by atoms with Gasteiger partial charge >= 0.3 is 5.97 Å². The van der Waals surface area contributed by atoms with Crippen LogP contribution in [0.15, 0.2) is 42.5 Å². The molecule has 0 saturated carbocycles. The van der Waals surface area contributed by atoms with Crippen LogP contribution < -0.4 is 5.32 Å². The maximum absolute atomic E-state index is 11.7. The van der Waals surface area contributed by atoms with Gasteiger partial charge in [-0.25, -0.2) is 4.79 Å². The van der Waals surface area contributed by atoms with Crippen molar-refractivity contribution in [1.29, 1.82) is 5.26 Å². The Hall–Kier alpha value is -2.91. The third-order valence-electron chi connectivity index (χ3n) is 2.87. The number of thiophene rings is 1. The van der Waals surface area contributed by atoms with Gasteiger partial charge in [0, 0.05) is 22.6 Å². The first-order valence-corrected chi connectivity index (χ1v) is 7.15. The SMILES string of the molecule is Cc1sc(NC(=O)C=CC(=O)O)c(C#N)c1-c1ccccc1. The highest BCUT2D eigenvalue weighted by atomic mass is 32.1. The van der Waals surface area contributed by atoms with Crippen LogP contribution in [0.4, 0.5) is 5.00 Å². The minimum absolute atomic E-state index is 0.380. The number of hydrogen-bond acceptors (Lipinski definition) is 4. The summed E-state index contributed by atoms with van der Waals surface area (Å²) in [5.74, 6) is -1.79. The van der Waals surface area contributed by atoms with Gasteiger partial charge in [0.25, 0.3) is 0 Å². The first-order chi connectivity index (χ1) is 10.5. The number of carboxylic acid groups (broad SMARTS) is 1. The molecule has 1 heterocycles. The Kier molecular flexibility index (Phi) is 4.71. The Bertz CT molecular complexity index is 786. The molecular weight excluding hydrogens is 300 g/mol. The van der Waals surface area contributed by atoms with E-state index >= 15 is 0 Å². The lowest BCUT2D eigenvalue weighted by Gasteiger charge is -2.02. The molecule has 2 aromatic rings. The number of nitrogens with zero attached hydrogens (tertiary/aromatic N) is 1. The van der Waals surface area contributed by atoms with Crippen LogP contribution in [-0.4, -0.2) is 17.0 Å². The number of anilines is 1. The fourth-order valence-corrected chi connectivity index (χ4v) is 3.02. The number of carbonyl (C=O) groups excluding carboxylic acids is 1. The van der Waals surface area contributed by atoms with Crippen LogP contribution in [-0.2, 0) is 9.59 Å². The minimum atomic E-state index is -1.21. The number of benzene rings is 1. The number of aliphatic carboxylic acids is 1. The molecule has 0 unspecified atom stereocenters. The van der Waals surface area contributed by atoms with Crippen LogP contribution in [0.2, 0.25) is 0 Å². The van der Waals surface area contributed by atoms with E-state index in [2.05, 4.69) is 11.4 Å². The summed E-state index contributed by atoms with van der Waals surface area (Å²) in [7, 11) is 0. The summed E-state index contributed by atoms with van der Waals surface area (Å²) in [5.41, 5.74) is 2.06. The van der Waals surface area contributed by atoms with Crippen LogP contribution >= 0.6 is 11.3 Å². The largest absolute Gasteiger partial charge is 0.478 e. The van der Waals surface area contributed by atoms with Crippen molar-refractivity contribution in [1.82, 2.24) is 0 Å². The number of carboxylic acids is 1. The van der Waals surface area contributed by atoms with E-state index in [0.29, 0.717) is 10.6 Å². The second-order valence-corrected chi connectivity index (χ2v) is 5.60. The van der Waals surface area contributed by atoms with Crippen LogP contribution in [0.3, 0.4) is 0 Å². The zero-order valence-electron chi connectivity index (χ0n) is 11.7. The highest BCUT2D eigenvalue weighted by Gasteiger charge is 2.18. The topological polar surface area (TPSA) is 90.2 Å². The molecule has 110 valence electrons. The molecule has 1 aromatic heterocycles. The van der Waals surface area contributed by atoms with Gasteiger partial charge < -0.3 is 10.4 Å². The van der Waals surface area contributed by atoms with Crippen LogP contribution in [0.1, 0.15) is 10.4 Å². The van der Waals surface area contributed by atoms with Crippen molar-refractivity contribution in [3.63, 3.8) is 0 Å². The number of aryl methyl sites for hydroxylation is 1. The summed E-state index contributed by atoms with van der Waals surface area (Å²) in [6.45, 7) is 1.87. The molecule has 1 aromatic carbocycles. The van der Waals surface area contributed by atoms with E-state index in [1.165, 1.54) is 11.3 Å². The summed E-state index contributed by atoms with van der Waals surface area (Å²) in [4.78, 5) is 23.0. The molecule has 0 aliphatic rings. The van der Waals surface area contributed by atoms with E-state index < -0.39 is 11.9 Å².